The highest BCUT2D eigenvalue weighted by Gasteiger charge is 2.16. The number of nitrogens with zero attached hydrogens (tertiary/aromatic N) is 3. The van der Waals surface area contributed by atoms with Crippen LogP contribution in [-0.2, 0) is 6.54 Å². The van der Waals surface area contributed by atoms with E-state index < -0.39 is 5.82 Å². The van der Waals surface area contributed by atoms with E-state index in [9.17, 15) is 4.39 Å². The Labute approximate surface area is 125 Å². The molecule has 3 aromatic rings. The molecule has 0 unspecified atom stereocenters. The number of ether oxygens (including phenoxy) is 1. The van der Waals surface area contributed by atoms with Crippen molar-refractivity contribution < 1.29 is 9.13 Å². The van der Waals surface area contributed by atoms with E-state index in [0.29, 0.717) is 34.8 Å². The molecule has 6 nitrogen and oxygen atoms in total. The van der Waals surface area contributed by atoms with Crippen LogP contribution in [0.2, 0.25) is 0 Å². The molecule has 2 N–H and O–H groups in total. The molecule has 0 atom stereocenters. The first-order valence-corrected chi connectivity index (χ1v) is 6.71. The summed E-state index contributed by atoms with van der Waals surface area (Å²) in [6.45, 7) is 0.649. The Kier molecular flexibility index (Phi) is 2.78. The standard InChI is InChI=1S/C15H12FN5O/c1-22-12-3-9-5-17-4-8(9)2-11(12)21-15-13-10(16)6-18-14(13)19-7-20-15/h2-4,6-7H,5H2,1H3,(H2,18,19,20,21). The molecule has 22 heavy (non-hydrogen) atoms. The summed E-state index contributed by atoms with van der Waals surface area (Å²) < 4.78 is 19.3. The summed E-state index contributed by atoms with van der Waals surface area (Å²) in [6, 6.07) is 3.85. The number of aliphatic imine (C=N–C) groups is 1. The van der Waals surface area contributed by atoms with Gasteiger partial charge in [-0.25, -0.2) is 14.4 Å². The second-order valence-electron chi connectivity index (χ2n) is 4.93. The normalized spacial score (nSPS) is 12.6. The highest BCUT2D eigenvalue weighted by molar-refractivity contribution is 5.92. The van der Waals surface area contributed by atoms with Crippen LogP contribution in [0, 0.1) is 5.82 Å². The van der Waals surface area contributed by atoms with E-state index in [1.807, 2.05) is 18.3 Å². The molecule has 0 amide bonds. The molecule has 1 aliphatic rings. The van der Waals surface area contributed by atoms with Crippen LogP contribution in [0.3, 0.4) is 0 Å². The van der Waals surface area contributed by atoms with E-state index in [1.165, 1.54) is 12.5 Å². The van der Waals surface area contributed by atoms with Crippen LogP contribution >= 0.6 is 0 Å². The summed E-state index contributed by atoms with van der Waals surface area (Å²) >= 11 is 0. The number of fused-ring (bicyclic) bond motifs is 2. The first-order chi connectivity index (χ1) is 10.8. The Bertz CT molecular complexity index is 902. The Morgan fingerprint density at radius 1 is 1.32 bits per heavy atom. The van der Waals surface area contributed by atoms with E-state index in [1.54, 1.807) is 7.11 Å². The number of H-pyrrole nitrogens is 1. The van der Waals surface area contributed by atoms with Crippen LogP contribution < -0.4 is 10.1 Å². The fourth-order valence-electron chi connectivity index (χ4n) is 2.55. The molecule has 7 heteroatoms. The van der Waals surface area contributed by atoms with Gasteiger partial charge in [0.15, 0.2) is 5.82 Å². The van der Waals surface area contributed by atoms with Gasteiger partial charge in [0, 0.05) is 12.4 Å². The molecule has 4 rings (SSSR count). The van der Waals surface area contributed by atoms with Gasteiger partial charge < -0.3 is 15.0 Å². The van der Waals surface area contributed by atoms with Crippen molar-refractivity contribution >= 4 is 28.8 Å². The first kappa shape index (κ1) is 12.8. The number of anilines is 2. The van der Waals surface area contributed by atoms with E-state index >= 15 is 0 Å². The van der Waals surface area contributed by atoms with E-state index in [2.05, 4.69) is 25.3 Å². The van der Waals surface area contributed by atoms with Crippen molar-refractivity contribution in [3.63, 3.8) is 0 Å². The lowest BCUT2D eigenvalue weighted by Crippen LogP contribution is -2.00. The number of aromatic amines is 1. The average molecular weight is 297 g/mol. The number of rotatable bonds is 3. The maximum Gasteiger partial charge on any atom is 0.153 e. The van der Waals surface area contributed by atoms with Crippen LogP contribution in [0.25, 0.3) is 11.0 Å². The van der Waals surface area contributed by atoms with Crippen molar-refractivity contribution in [2.75, 3.05) is 12.4 Å². The molecule has 1 aromatic carbocycles. The molecular weight excluding hydrogens is 285 g/mol. The van der Waals surface area contributed by atoms with E-state index in [4.69, 9.17) is 4.74 Å². The van der Waals surface area contributed by atoms with Crippen LogP contribution in [0.5, 0.6) is 5.75 Å². The highest BCUT2D eigenvalue weighted by atomic mass is 19.1. The minimum absolute atomic E-state index is 0.318. The third kappa shape index (κ3) is 1.90. The topological polar surface area (TPSA) is 75.2 Å². The van der Waals surface area contributed by atoms with Crippen molar-refractivity contribution in [3.05, 3.63) is 41.6 Å². The second-order valence-corrected chi connectivity index (χ2v) is 4.93. The minimum atomic E-state index is -0.403. The lowest BCUT2D eigenvalue weighted by molar-refractivity contribution is 0.416. The summed E-state index contributed by atoms with van der Waals surface area (Å²) in [7, 11) is 1.59. The largest absolute Gasteiger partial charge is 0.495 e. The second kappa shape index (κ2) is 4.80. The van der Waals surface area contributed by atoms with E-state index in [0.717, 1.165) is 11.1 Å². The predicted molar refractivity (Wildman–Crippen MR) is 81.4 cm³/mol. The number of hydrogen-bond donors (Lipinski definition) is 2. The molecule has 110 valence electrons. The number of halogens is 1. The van der Waals surface area contributed by atoms with Crippen LogP contribution in [0.15, 0.2) is 29.6 Å². The van der Waals surface area contributed by atoms with Gasteiger partial charge in [0.1, 0.15) is 23.5 Å². The van der Waals surface area contributed by atoms with Crippen molar-refractivity contribution in [1.29, 1.82) is 0 Å². The number of methoxy groups -OCH3 is 1. The molecule has 0 saturated heterocycles. The van der Waals surface area contributed by atoms with Crippen molar-refractivity contribution in [2.45, 2.75) is 6.54 Å². The van der Waals surface area contributed by atoms with Crippen molar-refractivity contribution in [3.8, 4) is 5.75 Å². The molecule has 0 aliphatic carbocycles. The highest BCUT2D eigenvalue weighted by Crippen LogP contribution is 2.34. The zero-order valence-electron chi connectivity index (χ0n) is 11.7. The molecule has 0 spiro atoms. The summed E-state index contributed by atoms with van der Waals surface area (Å²) in [6.07, 6.45) is 4.45. The fourth-order valence-corrected chi connectivity index (χ4v) is 2.55. The predicted octanol–water partition coefficient (Wildman–Crippen LogP) is 2.78. The van der Waals surface area contributed by atoms with Crippen molar-refractivity contribution in [2.24, 2.45) is 4.99 Å². The zero-order valence-corrected chi connectivity index (χ0v) is 11.7. The first-order valence-electron chi connectivity index (χ1n) is 6.71. The summed E-state index contributed by atoms with van der Waals surface area (Å²) in [4.78, 5) is 15.1. The van der Waals surface area contributed by atoms with Gasteiger partial charge in [0.25, 0.3) is 0 Å². The minimum Gasteiger partial charge on any atom is -0.495 e. The molecule has 2 aromatic heterocycles. The third-order valence-corrected chi connectivity index (χ3v) is 3.63. The number of hydrogen-bond acceptors (Lipinski definition) is 5. The van der Waals surface area contributed by atoms with Gasteiger partial charge in [0.2, 0.25) is 0 Å². The number of nitrogens with one attached hydrogen (secondary N) is 2. The van der Waals surface area contributed by atoms with Crippen LogP contribution in [0.1, 0.15) is 11.1 Å². The average Bonchev–Trinajstić information content (AvgIpc) is 3.13. The molecule has 3 heterocycles. The quantitative estimate of drug-likeness (QED) is 0.779. The van der Waals surface area contributed by atoms with Crippen LogP contribution in [-0.4, -0.2) is 28.3 Å². The Hall–Kier alpha value is -2.96. The maximum atomic E-state index is 13.9. The maximum absolute atomic E-state index is 13.9. The molecule has 0 saturated carbocycles. The van der Waals surface area contributed by atoms with Gasteiger partial charge >= 0.3 is 0 Å². The lowest BCUT2D eigenvalue weighted by Gasteiger charge is -2.13. The summed E-state index contributed by atoms with van der Waals surface area (Å²) in [5, 5.41) is 3.44. The summed E-state index contributed by atoms with van der Waals surface area (Å²) in [5.41, 5.74) is 3.26. The summed E-state index contributed by atoms with van der Waals surface area (Å²) in [5.74, 6) is 0.642. The van der Waals surface area contributed by atoms with Crippen LogP contribution in [0.4, 0.5) is 15.9 Å². The van der Waals surface area contributed by atoms with Gasteiger partial charge in [-0.05, 0) is 23.3 Å². The van der Waals surface area contributed by atoms with Gasteiger partial charge in [-0.1, -0.05) is 0 Å². The SMILES string of the molecule is COc1cc2c(cc1Nc1ncnc3[nH]cc(F)c13)C=NC2. The van der Waals surface area contributed by atoms with Gasteiger partial charge in [0.05, 0.1) is 24.7 Å². The smallest absolute Gasteiger partial charge is 0.153 e. The zero-order chi connectivity index (χ0) is 15.1. The number of aromatic nitrogens is 3. The Morgan fingerprint density at radius 2 is 2.23 bits per heavy atom. The molecule has 1 aliphatic heterocycles. The monoisotopic (exact) mass is 297 g/mol. The van der Waals surface area contributed by atoms with Gasteiger partial charge in [-0.2, -0.15) is 0 Å². The Balaban J connectivity index is 1.82. The Morgan fingerprint density at radius 3 is 3.09 bits per heavy atom. The third-order valence-electron chi connectivity index (χ3n) is 3.63. The van der Waals surface area contributed by atoms with Gasteiger partial charge in [-0.15, -0.1) is 0 Å². The van der Waals surface area contributed by atoms with Gasteiger partial charge in [-0.3, -0.25) is 4.99 Å². The molecule has 0 bridgehead atoms. The lowest BCUT2D eigenvalue weighted by atomic mass is 10.1. The molecular formula is C15H12FN5O. The number of benzene rings is 1. The molecule has 0 radical (unpaired) electrons. The fraction of sp³-hybridized carbons (Fsp3) is 0.133. The molecule has 0 fully saturated rings. The van der Waals surface area contributed by atoms with Crippen molar-refractivity contribution in [1.82, 2.24) is 15.0 Å². The van der Waals surface area contributed by atoms with E-state index in [-0.39, 0.29) is 0 Å².